The average molecular weight is 733 g/mol. The van der Waals surface area contributed by atoms with E-state index in [1.165, 1.54) is 24.3 Å². The van der Waals surface area contributed by atoms with Crippen molar-refractivity contribution in [3.63, 3.8) is 0 Å². The Kier molecular flexibility index (Phi) is 8.77. The zero-order chi connectivity index (χ0) is 38.1. The van der Waals surface area contributed by atoms with Crippen molar-refractivity contribution in [3.05, 3.63) is 167 Å². The SMILES string of the molecule is O=C(Nc1cccc(Oc2ccc3c(c2)C(=O)OC3=O)c1)c1ccc(Oc2ccc(C(=O)Nc3cccc(Oc4ccc5c(c4)C(=O)OC5=O)c3)cc2)cc1. The number of esters is 4. The summed E-state index contributed by atoms with van der Waals surface area (Å²) >= 11 is 0. The van der Waals surface area contributed by atoms with Crippen molar-refractivity contribution in [2.75, 3.05) is 10.6 Å². The van der Waals surface area contributed by atoms with Crippen LogP contribution in [-0.4, -0.2) is 35.7 Å². The number of hydrogen-bond acceptors (Lipinski definition) is 11. The number of benzene rings is 6. The summed E-state index contributed by atoms with van der Waals surface area (Å²) in [5.41, 5.74) is 2.27. The van der Waals surface area contributed by atoms with Gasteiger partial charge in [0.15, 0.2) is 0 Å². The van der Waals surface area contributed by atoms with Crippen molar-refractivity contribution in [2.24, 2.45) is 0 Å². The van der Waals surface area contributed by atoms with Crippen molar-refractivity contribution < 1.29 is 52.5 Å². The number of hydrogen-bond donors (Lipinski definition) is 2. The third-order valence-corrected chi connectivity index (χ3v) is 8.36. The Morgan fingerprint density at radius 3 is 1.15 bits per heavy atom. The molecule has 0 spiro atoms. The van der Waals surface area contributed by atoms with Gasteiger partial charge < -0.3 is 34.3 Å². The Labute approximate surface area is 311 Å². The molecule has 0 radical (unpaired) electrons. The number of rotatable bonds is 10. The third-order valence-electron chi connectivity index (χ3n) is 8.36. The fourth-order valence-electron chi connectivity index (χ4n) is 5.69. The van der Waals surface area contributed by atoms with Gasteiger partial charge in [0.05, 0.1) is 22.3 Å². The van der Waals surface area contributed by atoms with Crippen LogP contribution in [0, 0.1) is 0 Å². The smallest absolute Gasteiger partial charge is 0.347 e. The highest BCUT2D eigenvalue weighted by atomic mass is 16.6. The topological polar surface area (TPSA) is 173 Å². The van der Waals surface area contributed by atoms with Crippen LogP contribution in [0.2, 0.25) is 0 Å². The predicted molar refractivity (Wildman–Crippen MR) is 194 cm³/mol. The predicted octanol–water partition coefficient (Wildman–Crippen LogP) is 8.19. The van der Waals surface area contributed by atoms with Crippen molar-refractivity contribution >= 4 is 47.1 Å². The molecule has 0 bridgehead atoms. The van der Waals surface area contributed by atoms with Crippen molar-refractivity contribution in [3.8, 4) is 34.5 Å². The maximum absolute atomic E-state index is 13.0. The summed E-state index contributed by atoms with van der Waals surface area (Å²) in [6.45, 7) is 0. The molecule has 2 N–H and O–H groups in total. The second-order valence-electron chi connectivity index (χ2n) is 12.1. The summed E-state index contributed by atoms with van der Waals surface area (Å²) < 4.78 is 26.8. The van der Waals surface area contributed by atoms with Crippen molar-refractivity contribution in [1.82, 2.24) is 0 Å². The highest BCUT2D eigenvalue weighted by molar-refractivity contribution is 6.15. The minimum Gasteiger partial charge on any atom is -0.457 e. The van der Waals surface area contributed by atoms with Crippen LogP contribution < -0.4 is 24.8 Å². The second kappa shape index (κ2) is 14.2. The Morgan fingerprint density at radius 1 is 0.382 bits per heavy atom. The number of nitrogens with one attached hydrogen (secondary N) is 2. The number of carbonyl (C=O) groups excluding carboxylic acids is 6. The molecule has 55 heavy (non-hydrogen) atoms. The summed E-state index contributed by atoms with van der Waals surface area (Å²) in [6, 6.07) is 35.2. The standard InChI is InChI=1S/C42H24N2O11/c45-37(43-25-3-1-5-29(19-25)52-31-15-17-33-35(21-31)41(49)54-39(33)47)23-7-11-27(12-8-23)51-28-13-9-24(10-14-28)38(46)44-26-4-2-6-30(20-26)53-32-16-18-34-36(22-32)42(50)55-40(34)48/h1-22H,(H,43,45)(H,44,46). The Balaban J connectivity index is 0.843. The van der Waals surface area contributed by atoms with Gasteiger partial charge in [-0.25, -0.2) is 19.2 Å². The molecule has 13 heteroatoms. The molecule has 0 aliphatic carbocycles. The zero-order valence-corrected chi connectivity index (χ0v) is 28.2. The lowest BCUT2D eigenvalue weighted by Gasteiger charge is -2.11. The Hall–Kier alpha value is -8.06. The quantitative estimate of drug-likeness (QED) is 0.103. The van der Waals surface area contributed by atoms with E-state index < -0.39 is 23.9 Å². The van der Waals surface area contributed by atoms with Crippen LogP contribution in [0.5, 0.6) is 34.5 Å². The van der Waals surface area contributed by atoms with Crippen LogP contribution in [0.25, 0.3) is 0 Å². The van der Waals surface area contributed by atoms with Crippen LogP contribution in [0.3, 0.4) is 0 Å². The molecule has 0 saturated heterocycles. The van der Waals surface area contributed by atoms with Gasteiger partial charge in [-0.2, -0.15) is 0 Å². The van der Waals surface area contributed by atoms with Crippen LogP contribution in [0.4, 0.5) is 11.4 Å². The van der Waals surface area contributed by atoms with E-state index in [1.54, 1.807) is 109 Å². The first-order chi connectivity index (χ1) is 26.6. The first kappa shape index (κ1) is 34.0. The molecule has 2 heterocycles. The molecule has 2 aliphatic rings. The summed E-state index contributed by atoms with van der Waals surface area (Å²) in [7, 11) is 0. The average Bonchev–Trinajstić information content (AvgIpc) is 3.63. The van der Waals surface area contributed by atoms with E-state index in [-0.39, 0.29) is 34.1 Å². The molecule has 6 aromatic carbocycles. The maximum Gasteiger partial charge on any atom is 0.347 e. The molecular formula is C42H24N2O11. The molecule has 13 nitrogen and oxygen atoms in total. The van der Waals surface area contributed by atoms with Gasteiger partial charge in [0.2, 0.25) is 0 Å². The number of fused-ring (bicyclic) bond motifs is 2. The molecule has 268 valence electrons. The summed E-state index contributed by atoms with van der Waals surface area (Å²) in [4.78, 5) is 73.2. The highest BCUT2D eigenvalue weighted by Crippen LogP contribution is 2.31. The molecule has 0 unspecified atom stereocenters. The lowest BCUT2D eigenvalue weighted by atomic mass is 10.1. The highest BCUT2D eigenvalue weighted by Gasteiger charge is 2.31. The molecule has 0 aromatic heterocycles. The van der Waals surface area contributed by atoms with E-state index in [0.29, 0.717) is 57.0 Å². The largest absolute Gasteiger partial charge is 0.457 e. The van der Waals surface area contributed by atoms with Gasteiger partial charge in [-0.05, 0) is 109 Å². The summed E-state index contributed by atoms with van der Waals surface area (Å²) in [5.74, 6) is -1.26. The molecule has 2 aliphatic heterocycles. The Morgan fingerprint density at radius 2 is 0.727 bits per heavy atom. The first-order valence-electron chi connectivity index (χ1n) is 16.5. The number of anilines is 2. The first-order valence-corrected chi connectivity index (χ1v) is 16.5. The minimum absolute atomic E-state index is 0.123. The fraction of sp³-hybridized carbons (Fsp3) is 0. The van der Waals surface area contributed by atoms with E-state index in [4.69, 9.17) is 14.2 Å². The molecule has 0 saturated carbocycles. The molecular weight excluding hydrogens is 708 g/mol. The van der Waals surface area contributed by atoms with E-state index in [2.05, 4.69) is 20.1 Å². The zero-order valence-electron chi connectivity index (χ0n) is 28.2. The van der Waals surface area contributed by atoms with Crippen LogP contribution in [-0.2, 0) is 9.47 Å². The number of ether oxygens (including phenoxy) is 5. The Bertz CT molecular complexity index is 2400. The van der Waals surface area contributed by atoms with Gasteiger partial charge in [0.1, 0.15) is 34.5 Å². The fourth-order valence-corrected chi connectivity index (χ4v) is 5.69. The van der Waals surface area contributed by atoms with E-state index in [0.717, 1.165) is 0 Å². The van der Waals surface area contributed by atoms with Crippen molar-refractivity contribution in [1.29, 1.82) is 0 Å². The van der Waals surface area contributed by atoms with Gasteiger partial charge in [-0.1, -0.05) is 12.1 Å². The lowest BCUT2D eigenvalue weighted by molar-refractivity contribution is 0.0425. The van der Waals surface area contributed by atoms with Gasteiger partial charge in [-0.3, -0.25) is 9.59 Å². The molecule has 2 amide bonds. The van der Waals surface area contributed by atoms with Gasteiger partial charge >= 0.3 is 23.9 Å². The number of amides is 2. The molecule has 0 atom stereocenters. The van der Waals surface area contributed by atoms with Gasteiger partial charge in [-0.15, -0.1) is 0 Å². The lowest BCUT2D eigenvalue weighted by Crippen LogP contribution is -2.11. The third kappa shape index (κ3) is 7.34. The minimum atomic E-state index is -0.735. The molecule has 8 rings (SSSR count). The number of cyclic esters (lactones) is 4. The van der Waals surface area contributed by atoms with Gasteiger partial charge in [0, 0.05) is 34.6 Å². The maximum atomic E-state index is 13.0. The van der Waals surface area contributed by atoms with Crippen LogP contribution in [0.15, 0.2) is 133 Å². The van der Waals surface area contributed by atoms with E-state index >= 15 is 0 Å². The molecule has 0 fully saturated rings. The summed E-state index contributed by atoms with van der Waals surface area (Å²) in [5, 5.41) is 5.64. The second-order valence-corrected chi connectivity index (χ2v) is 12.1. The van der Waals surface area contributed by atoms with E-state index in [9.17, 15) is 28.8 Å². The van der Waals surface area contributed by atoms with Crippen LogP contribution in [0.1, 0.15) is 62.1 Å². The normalized spacial score (nSPS) is 12.6. The van der Waals surface area contributed by atoms with Crippen molar-refractivity contribution in [2.45, 2.75) is 0 Å². The molecule has 6 aromatic rings. The van der Waals surface area contributed by atoms with E-state index in [1.807, 2.05) is 0 Å². The van der Waals surface area contributed by atoms with Gasteiger partial charge in [0.25, 0.3) is 11.8 Å². The van der Waals surface area contributed by atoms with Crippen LogP contribution >= 0.6 is 0 Å². The number of carbonyl (C=O) groups is 6. The monoisotopic (exact) mass is 732 g/mol. The summed E-state index contributed by atoms with van der Waals surface area (Å²) in [6.07, 6.45) is 0.